The summed E-state index contributed by atoms with van der Waals surface area (Å²) in [5.74, 6) is 0. The fraction of sp³-hybridized carbons (Fsp3) is 0.200. The molecule has 0 heterocycles. The third-order valence-electron chi connectivity index (χ3n) is 2.87. The Balaban J connectivity index is 1.99. The van der Waals surface area contributed by atoms with E-state index in [4.69, 9.17) is 16.7 Å². The Morgan fingerprint density at radius 2 is 1.72 bits per heavy atom. The van der Waals surface area contributed by atoms with Gasteiger partial charge in [-0.15, -0.1) is 0 Å². The van der Waals surface area contributed by atoms with Gasteiger partial charge in [0.1, 0.15) is 0 Å². The maximum absolute atomic E-state index is 8.96. The fourth-order valence-electron chi connectivity index (χ4n) is 1.67. The van der Waals surface area contributed by atoms with E-state index in [-0.39, 0.29) is 6.61 Å². The Kier molecular flexibility index (Phi) is 4.24. The van der Waals surface area contributed by atoms with Crippen molar-refractivity contribution in [2.75, 3.05) is 5.32 Å². The molecular formula is C15H16ClNO. The molecule has 94 valence electrons. The monoisotopic (exact) mass is 261 g/mol. The maximum Gasteiger partial charge on any atom is 0.0681 e. The number of halogens is 1. The maximum atomic E-state index is 8.96. The van der Waals surface area contributed by atoms with Crippen LogP contribution in [0.25, 0.3) is 0 Å². The van der Waals surface area contributed by atoms with Gasteiger partial charge in [0.05, 0.1) is 6.61 Å². The highest BCUT2D eigenvalue weighted by molar-refractivity contribution is 6.31. The van der Waals surface area contributed by atoms with Crippen molar-refractivity contribution in [1.82, 2.24) is 0 Å². The van der Waals surface area contributed by atoms with E-state index in [0.717, 1.165) is 28.4 Å². The Morgan fingerprint density at radius 3 is 2.33 bits per heavy atom. The van der Waals surface area contributed by atoms with Crippen LogP contribution in [0.5, 0.6) is 0 Å². The highest BCUT2D eigenvalue weighted by Gasteiger charge is 1.98. The van der Waals surface area contributed by atoms with Crippen molar-refractivity contribution in [3.05, 3.63) is 64.2 Å². The minimum absolute atomic E-state index is 0.0846. The predicted molar refractivity (Wildman–Crippen MR) is 75.9 cm³/mol. The number of benzene rings is 2. The van der Waals surface area contributed by atoms with Gasteiger partial charge in [0.15, 0.2) is 0 Å². The molecule has 0 aliphatic rings. The number of hydrogen-bond donors (Lipinski definition) is 2. The second-order valence-electron chi connectivity index (χ2n) is 4.29. The second-order valence-corrected chi connectivity index (χ2v) is 4.70. The lowest BCUT2D eigenvalue weighted by Gasteiger charge is -2.08. The summed E-state index contributed by atoms with van der Waals surface area (Å²) in [5, 5.41) is 13.1. The van der Waals surface area contributed by atoms with E-state index >= 15 is 0 Å². The third-order valence-corrected chi connectivity index (χ3v) is 3.28. The van der Waals surface area contributed by atoms with Crippen LogP contribution in [0, 0.1) is 6.92 Å². The molecule has 0 aliphatic heterocycles. The Morgan fingerprint density at radius 1 is 1.06 bits per heavy atom. The summed E-state index contributed by atoms with van der Waals surface area (Å²) >= 11 is 6.07. The first-order valence-corrected chi connectivity index (χ1v) is 6.25. The Labute approximate surface area is 112 Å². The number of hydrogen-bond acceptors (Lipinski definition) is 2. The summed E-state index contributed by atoms with van der Waals surface area (Å²) in [6.45, 7) is 2.81. The summed E-state index contributed by atoms with van der Waals surface area (Å²) in [6, 6.07) is 13.8. The molecule has 2 N–H and O–H groups in total. The van der Waals surface area contributed by atoms with Gasteiger partial charge >= 0.3 is 0 Å². The lowest BCUT2D eigenvalue weighted by Crippen LogP contribution is -1.99. The lowest BCUT2D eigenvalue weighted by molar-refractivity contribution is 0.282. The number of anilines is 1. The molecule has 2 rings (SSSR count). The number of aryl methyl sites for hydroxylation is 1. The molecular weight excluding hydrogens is 246 g/mol. The molecule has 0 aromatic heterocycles. The van der Waals surface area contributed by atoms with Crippen molar-refractivity contribution in [2.24, 2.45) is 0 Å². The van der Waals surface area contributed by atoms with Gasteiger partial charge in [0.2, 0.25) is 0 Å². The lowest BCUT2D eigenvalue weighted by atomic mass is 10.1. The van der Waals surface area contributed by atoms with Crippen molar-refractivity contribution in [3.8, 4) is 0 Å². The van der Waals surface area contributed by atoms with E-state index < -0.39 is 0 Å². The van der Waals surface area contributed by atoms with Gasteiger partial charge in [-0.05, 0) is 35.7 Å². The molecule has 2 aromatic carbocycles. The normalized spacial score (nSPS) is 10.4. The van der Waals surface area contributed by atoms with E-state index in [1.807, 2.05) is 49.4 Å². The van der Waals surface area contributed by atoms with Crippen LogP contribution in [0.1, 0.15) is 16.7 Å². The van der Waals surface area contributed by atoms with Crippen LogP contribution in [0.2, 0.25) is 5.02 Å². The molecule has 2 nitrogen and oxygen atoms in total. The number of rotatable bonds is 4. The van der Waals surface area contributed by atoms with Crippen LogP contribution in [-0.2, 0) is 13.2 Å². The zero-order chi connectivity index (χ0) is 13.0. The summed E-state index contributed by atoms with van der Waals surface area (Å²) in [4.78, 5) is 0. The predicted octanol–water partition coefficient (Wildman–Crippen LogP) is 3.75. The van der Waals surface area contributed by atoms with Crippen LogP contribution in [-0.4, -0.2) is 5.11 Å². The molecule has 0 aliphatic carbocycles. The van der Waals surface area contributed by atoms with Crippen LogP contribution < -0.4 is 5.32 Å². The van der Waals surface area contributed by atoms with E-state index in [1.54, 1.807) is 0 Å². The van der Waals surface area contributed by atoms with Gasteiger partial charge < -0.3 is 10.4 Å². The van der Waals surface area contributed by atoms with Crippen molar-refractivity contribution < 1.29 is 5.11 Å². The highest BCUT2D eigenvalue weighted by Crippen LogP contribution is 2.20. The van der Waals surface area contributed by atoms with E-state index in [1.165, 1.54) is 5.56 Å². The molecule has 18 heavy (non-hydrogen) atoms. The molecule has 0 saturated heterocycles. The van der Waals surface area contributed by atoms with Crippen LogP contribution in [0.3, 0.4) is 0 Å². The molecule has 0 amide bonds. The minimum atomic E-state index is 0.0846. The Bertz CT molecular complexity index is 523. The van der Waals surface area contributed by atoms with Gasteiger partial charge in [0, 0.05) is 17.3 Å². The molecule has 0 fully saturated rings. The molecule has 2 aromatic rings. The zero-order valence-electron chi connectivity index (χ0n) is 10.3. The summed E-state index contributed by atoms with van der Waals surface area (Å²) in [5.41, 5.74) is 4.19. The Hall–Kier alpha value is -1.51. The fourth-order valence-corrected chi connectivity index (χ4v) is 1.85. The van der Waals surface area contributed by atoms with Gasteiger partial charge in [-0.2, -0.15) is 0 Å². The van der Waals surface area contributed by atoms with Gasteiger partial charge in [0.25, 0.3) is 0 Å². The van der Waals surface area contributed by atoms with Crippen LogP contribution in [0.15, 0.2) is 42.5 Å². The van der Waals surface area contributed by atoms with Crippen molar-refractivity contribution in [3.63, 3.8) is 0 Å². The third kappa shape index (κ3) is 3.25. The summed E-state index contributed by atoms with van der Waals surface area (Å²) in [6.07, 6.45) is 0. The summed E-state index contributed by atoms with van der Waals surface area (Å²) in [7, 11) is 0. The topological polar surface area (TPSA) is 32.3 Å². The largest absolute Gasteiger partial charge is 0.392 e. The van der Waals surface area contributed by atoms with Crippen LogP contribution in [0.4, 0.5) is 5.69 Å². The molecule has 0 spiro atoms. The first-order chi connectivity index (χ1) is 8.69. The number of aliphatic hydroxyl groups excluding tert-OH is 1. The van der Waals surface area contributed by atoms with Crippen LogP contribution >= 0.6 is 11.6 Å². The highest BCUT2D eigenvalue weighted by atomic mass is 35.5. The van der Waals surface area contributed by atoms with E-state index in [2.05, 4.69) is 5.32 Å². The molecule has 0 radical (unpaired) electrons. The number of aliphatic hydroxyl groups is 1. The van der Waals surface area contributed by atoms with Gasteiger partial charge in [-0.25, -0.2) is 0 Å². The van der Waals surface area contributed by atoms with E-state index in [0.29, 0.717) is 0 Å². The molecule has 0 unspecified atom stereocenters. The van der Waals surface area contributed by atoms with Crippen molar-refractivity contribution in [2.45, 2.75) is 20.1 Å². The standard InChI is InChI=1S/C15H16ClNO/c1-11-2-7-14(8-15(11)16)17-9-12-3-5-13(10-18)6-4-12/h2-8,17-18H,9-10H2,1H3. The SMILES string of the molecule is Cc1ccc(NCc2ccc(CO)cc2)cc1Cl. The smallest absolute Gasteiger partial charge is 0.0681 e. The average molecular weight is 262 g/mol. The average Bonchev–Trinajstić information content (AvgIpc) is 2.41. The first-order valence-electron chi connectivity index (χ1n) is 5.88. The molecule has 3 heteroatoms. The second kappa shape index (κ2) is 5.89. The molecule has 0 saturated carbocycles. The number of nitrogens with one attached hydrogen (secondary N) is 1. The van der Waals surface area contributed by atoms with Gasteiger partial charge in [-0.1, -0.05) is 41.9 Å². The minimum Gasteiger partial charge on any atom is -0.392 e. The quantitative estimate of drug-likeness (QED) is 0.879. The first kappa shape index (κ1) is 12.9. The zero-order valence-corrected chi connectivity index (χ0v) is 11.0. The molecule has 0 atom stereocenters. The van der Waals surface area contributed by atoms with Crippen molar-refractivity contribution in [1.29, 1.82) is 0 Å². The van der Waals surface area contributed by atoms with Crippen molar-refractivity contribution >= 4 is 17.3 Å². The van der Waals surface area contributed by atoms with Gasteiger partial charge in [-0.3, -0.25) is 0 Å². The summed E-state index contributed by atoms with van der Waals surface area (Å²) < 4.78 is 0. The molecule has 0 bridgehead atoms. The van der Waals surface area contributed by atoms with E-state index in [9.17, 15) is 0 Å².